The van der Waals surface area contributed by atoms with E-state index >= 15 is 0 Å². The lowest BCUT2D eigenvalue weighted by molar-refractivity contribution is -0.138. The molecule has 0 saturated carbocycles. The molecule has 0 fully saturated rings. The van der Waals surface area contributed by atoms with Gasteiger partial charge in [0.1, 0.15) is 21.7 Å². The Balaban J connectivity index is 0.000000187. The number of aromatic amines is 2. The number of carbonyl (C=O) groups excluding carboxylic acids is 2. The van der Waals surface area contributed by atoms with Gasteiger partial charge in [0.25, 0.3) is 5.91 Å². The number of rotatable bonds is 7. The molecule has 0 aliphatic heterocycles. The molecule has 60 heavy (non-hydrogen) atoms. The number of aromatic nitrogens is 6. The smallest absolute Gasteiger partial charge is 0.366 e. The van der Waals surface area contributed by atoms with Gasteiger partial charge in [-0.1, -0.05) is 19.6 Å². The number of hydrogen-bond acceptors (Lipinski definition) is 6. The SMILES string of the molecule is Brc1ccc(Cc2c[nH]c3ncccc23)cn1.C.NC(=O)c1ccc(C(F)(F)F)cc1.O=C(Nc1ccc(Cc2c[nH]c3ncccc23)cn1)c1ccc(C(F)(F)F)cc1. The van der Waals surface area contributed by atoms with E-state index in [0.717, 1.165) is 87.4 Å². The Morgan fingerprint density at radius 3 is 1.50 bits per heavy atom. The van der Waals surface area contributed by atoms with E-state index in [1.807, 2.05) is 48.9 Å². The van der Waals surface area contributed by atoms with Crippen LogP contribution in [0.2, 0.25) is 0 Å². The molecule has 0 bridgehead atoms. The van der Waals surface area contributed by atoms with Crippen molar-refractivity contribution in [2.45, 2.75) is 32.6 Å². The summed E-state index contributed by atoms with van der Waals surface area (Å²) in [5, 5.41) is 4.80. The lowest BCUT2D eigenvalue weighted by Gasteiger charge is -2.08. The van der Waals surface area contributed by atoms with E-state index in [1.165, 1.54) is 16.5 Å². The van der Waals surface area contributed by atoms with Gasteiger partial charge in [-0.05, 0) is 123 Å². The second-order valence-electron chi connectivity index (χ2n) is 12.8. The minimum Gasteiger partial charge on any atom is -0.366 e. The van der Waals surface area contributed by atoms with Crippen LogP contribution >= 0.6 is 15.9 Å². The van der Waals surface area contributed by atoms with Gasteiger partial charge in [-0.2, -0.15) is 26.3 Å². The highest BCUT2D eigenvalue weighted by atomic mass is 79.9. The number of benzene rings is 2. The fraction of sp³-hybridized carbons (Fsp3) is 0.116. The fourth-order valence-corrected chi connectivity index (χ4v) is 5.93. The molecule has 5 N–H and O–H groups in total. The maximum absolute atomic E-state index is 12.6. The second kappa shape index (κ2) is 19.2. The summed E-state index contributed by atoms with van der Waals surface area (Å²) in [4.78, 5) is 46.0. The normalized spacial score (nSPS) is 11.1. The molecule has 8 aromatic rings. The number of amides is 2. The van der Waals surface area contributed by atoms with Crippen LogP contribution in [0.4, 0.5) is 32.2 Å². The largest absolute Gasteiger partial charge is 0.416 e. The average Bonchev–Trinajstić information content (AvgIpc) is 3.83. The molecular weight excluding hydrogens is 854 g/mol. The lowest BCUT2D eigenvalue weighted by Crippen LogP contribution is -2.13. The van der Waals surface area contributed by atoms with Crippen molar-refractivity contribution >= 4 is 55.6 Å². The Bertz CT molecular complexity index is 2660. The van der Waals surface area contributed by atoms with E-state index in [1.54, 1.807) is 24.7 Å². The molecule has 6 heterocycles. The number of H-pyrrole nitrogens is 2. The molecule has 8 rings (SSSR count). The highest BCUT2D eigenvalue weighted by molar-refractivity contribution is 9.10. The zero-order chi connectivity index (χ0) is 42.2. The Kier molecular flexibility index (Phi) is 14.2. The molecule has 10 nitrogen and oxygen atoms in total. The number of fused-ring (bicyclic) bond motifs is 2. The Morgan fingerprint density at radius 1 is 0.617 bits per heavy atom. The van der Waals surface area contributed by atoms with Crippen LogP contribution in [0.25, 0.3) is 22.1 Å². The van der Waals surface area contributed by atoms with Crippen molar-refractivity contribution in [2.24, 2.45) is 5.73 Å². The number of halogens is 7. The van der Waals surface area contributed by atoms with Gasteiger partial charge in [0.15, 0.2) is 0 Å². The van der Waals surface area contributed by atoms with Gasteiger partial charge in [-0.15, -0.1) is 0 Å². The van der Waals surface area contributed by atoms with Crippen molar-refractivity contribution in [3.05, 3.63) is 183 Å². The third-order valence-corrected chi connectivity index (χ3v) is 9.16. The molecule has 0 aliphatic carbocycles. The van der Waals surface area contributed by atoms with Crippen LogP contribution in [0.1, 0.15) is 61.5 Å². The predicted molar refractivity (Wildman–Crippen MR) is 220 cm³/mol. The maximum Gasteiger partial charge on any atom is 0.416 e. The number of carbonyl (C=O) groups is 2. The zero-order valence-electron chi connectivity index (χ0n) is 30.4. The topological polar surface area (TPSA) is 155 Å². The molecule has 6 aromatic heterocycles. The molecule has 2 aromatic carbocycles. The van der Waals surface area contributed by atoms with Gasteiger partial charge < -0.3 is 21.0 Å². The van der Waals surface area contributed by atoms with Crippen molar-refractivity contribution in [1.82, 2.24) is 29.9 Å². The predicted octanol–water partition coefficient (Wildman–Crippen LogP) is 10.6. The Morgan fingerprint density at radius 2 is 1.08 bits per heavy atom. The molecule has 2 amide bonds. The van der Waals surface area contributed by atoms with E-state index in [2.05, 4.69) is 63.3 Å². The Labute approximate surface area is 347 Å². The van der Waals surface area contributed by atoms with Crippen LogP contribution in [0.3, 0.4) is 0 Å². The number of nitrogens with two attached hydrogens (primary N) is 1. The van der Waals surface area contributed by atoms with Crippen LogP contribution in [0.5, 0.6) is 0 Å². The van der Waals surface area contributed by atoms with Gasteiger partial charge in [-0.25, -0.2) is 19.9 Å². The third-order valence-electron chi connectivity index (χ3n) is 8.69. The molecule has 0 unspecified atom stereocenters. The first-order valence-corrected chi connectivity index (χ1v) is 18.3. The number of alkyl halides is 6. The number of pyridine rings is 4. The summed E-state index contributed by atoms with van der Waals surface area (Å²) in [6.07, 6.45) is 3.66. The van der Waals surface area contributed by atoms with Gasteiger partial charge >= 0.3 is 12.4 Å². The number of anilines is 1. The van der Waals surface area contributed by atoms with Crippen LogP contribution in [0.15, 0.2) is 139 Å². The molecule has 0 atom stereocenters. The average molecular weight is 890 g/mol. The quantitative estimate of drug-likeness (QED) is 0.0922. The minimum absolute atomic E-state index is 0. The molecule has 17 heteroatoms. The summed E-state index contributed by atoms with van der Waals surface area (Å²) in [6, 6.07) is 23.2. The first-order valence-electron chi connectivity index (χ1n) is 17.5. The molecule has 0 aliphatic rings. The van der Waals surface area contributed by atoms with Crippen molar-refractivity contribution in [1.29, 1.82) is 0 Å². The van der Waals surface area contributed by atoms with E-state index in [-0.39, 0.29) is 18.6 Å². The van der Waals surface area contributed by atoms with Gasteiger partial charge in [0.2, 0.25) is 5.91 Å². The standard InChI is InChI=1S/C21H15F3N4O.C13H10BrN3.C8H6F3NO.CH4/c22-21(23,24)16-6-4-14(5-7-16)20(29)28-18-8-3-13(11-26-18)10-15-12-27-19-17(15)2-1-9-25-19;14-12-4-3-9(7-16-12)6-10-8-17-13-11(10)2-1-5-15-13;9-8(10,11)6-3-1-5(2-4-6)7(12)13;/h1-9,11-12H,10H2,(H,25,27)(H,26,28,29);1-5,7-8H,6H2,(H,15,17);1-4H,(H2,12,13);1H4. The van der Waals surface area contributed by atoms with Crippen LogP contribution in [-0.4, -0.2) is 41.7 Å². The zero-order valence-corrected chi connectivity index (χ0v) is 32.0. The molecule has 0 radical (unpaired) electrons. The number of hydrogen-bond donors (Lipinski definition) is 4. The summed E-state index contributed by atoms with van der Waals surface area (Å²) in [5.74, 6) is -0.949. The van der Waals surface area contributed by atoms with Gasteiger partial charge in [0.05, 0.1) is 11.1 Å². The summed E-state index contributed by atoms with van der Waals surface area (Å²) in [7, 11) is 0. The number of primary amides is 1. The molecular formula is C43H35BrF6N8O2. The summed E-state index contributed by atoms with van der Waals surface area (Å²) in [5.41, 5.74) is 9.66. The monoisotopic (exact) mass is 888 g/mol. The third kappa shape index (κ3) is 11.6. The minimum atomic E-state index is -4.44. The van der Waals surface area contributed by atoms with E-state index in [4.69, 9.17) is 5.73 Å². The van der Waals surface area contributed by atoms with Crippen LogP contribution in [-0.2, 0) is 25.2 Å². The second-order valence-corrected chi connectivity index (χ2v) is 13.6. The first-order chi connectivity index (χ1) is 28.1. The highest BCUT2D eigenvalue weighted by Crippen LogP contribution is 2.30. The lowest BCUT2D eigenvalue weighted by atomic mass is 10.1. The van der Waals surface area contributed by atoms with Crippen LogP contribution in [0, 0.1) is 0 Å². The van der Waals surface area contributed by atoms with Crippen molar-refractivity contribution in [3.63, 3.8) is 0 Å². The summed E-state index contributed by atoms with van der Waals surface area (Å²) >= 11 is 3.34. The van der Waals surface area contributed by atoms with Crippen molar-refractivity contribution < 1.29 is 35.9 Å². The highest BCUT2D eigenvalue weighted by Gasteiger charge is 2.31. The first kappa shape index (κ1) is 44.2. The van der Waals surface area contributed by atoms with E-state index < -0.39 is 35.3 Å². The maximum atomic E-state index is 12.6. The summed E-state index contributed by atoms with van der Waals surface area (Å²) < 4.78 is 74.7. The number of nitrogens with one attached hydrogen (secondary N) is 3. The molecule has 308 valence electrons. The van der Waals surface area contributed by atoms with E-state index in [0.29, 0.717) is 12.2 Å². The molecule has 0 spiro atoms. The van der Waals surface area contributed by atoms with Gasteiger partial charge in [-0.3, -0.25) is 9.59 Å². The fourth-order valence-electron chi connectivity index (χ4n) is 5.69. The Hall–Kier alpha value is -6.88. The van der Waals surface area contributed by atoms with Gasteiger partial charge in [0, 0.05) is 71.9 Å². The van der Waals surface area contributed by atoms with E-state index in [9.17, 15) is 35.9 Å². The van der Waals surface area contributed by atoms with Crippen molar-refractivity contribution in [2.75, 3.05) is 5.32 Å². The molecule has 0 saturated heterocycles. The summed E-state index contributed by atoms with van der Waals surface area (Å²) in [6.45, 7) is 0. The van der Waals surface area contributed by atoms with Crippen molar-refractivity contribution in [3.8, 4) is 0 Å². The van der Waals surface area contributed by atoms with Crippen LogP contribution < -0.4 is 11.1 Å². The number of nitrogens with zero attached hydrogens (tertiary/aromatic N) is 4.